The minimum atomic E-state index is -1.78. The minimum absolute atomic E-state index is 0.0752. The van der Waals surface area contributed by atoms with Gasteiger partial charge in [0.05, 0.1) is 20.3 Å². The van der Waals surface area contributed by atoms with Crippen LogP contribution < -0.4 is 9.47 Å². The van der Waals surface area contributed by atoms with Gasteiger partial charge in [0.25, 0.3) is 0 Å². The summed E-state index contributed by atoms with van der Waals surface area (Å²) >= 11 is 0. The van der Waals surface area contributed by atoms with Crippen molar-refractivity contribution in [3.05, 3.63) is 29.8 Å². The number of rotatable bonds is 9. The van der Waals surface area contributed by atoms with Gasteiger partial charge >= 0.3 is 5.97 Å². The van der Waals surface area contributed by atoms with E-state index in [-0.39, 0.29) is 11.5 Å². The molecule has 0 bridgehead atoms. The van der Waals surface area contributed by atoms with Gasteiger partial charge < -0.3 is 64.5 Å². The van der Waals surface area contributed by atoms with Gasteiger partial charge in [-0.1, -0.05) is 6.07 Å². The molecule has 0 saturated carbocycles. The van der Waals surface area contributed by atoms with E-state index >= 15 is 0 Å². The van der Waals surface area contributed by atoms with Crippen LogP contribution in [0.25, 0.3) is 6.08 Å². The standard InChI is InChI=1S/C22H30O14/c1-32-11-6-9(3-5-14(25)26)2-4-10(11)33-21-19(31)17(29)20(13(8-24)35-21)36-22-18(30)16(28)15(27)12(7-23)34-22/h2-6,12-13,15-24,27-31H,7-8H2,1H3,(H,25,26)/b5-3+/t12-,13-,15+,16+,17-,18-,19-,20-,21-,22+/m1/s1. The van der Waals surface area contributed by atoms with Gasteiger partial charge in [0.2, 0.25) is 6.29 Å². The van der Waals surface area contributed by atoms with E-state index in [1.54, 1.807) is 0 Å². The highest BCUT2D eigenvalue weighted by Crippen LogP contribution is 2.34. The first-order valence-corrected chi connectivity index (χ1v) is 10.9. The lowest BCUT2D eigenvalue weighted by molar-refractivity contribution is -0.352. The van der Waals surface area contributed by atoms with Gasteiger partial charge in [0.1, 0.15) is 48.8 Å². The number of aliphatic hydroxyl groups excluding tert-OH is 7. The Morgan fingerprint density at radius 2 is 1.53 bits per heavy atom. The molecule has 14 nitrogen and oxygen atoms in total. The second-order valence-electron chi connectivity index (χ2n) is 8.20. The first-order valence-electron chi connectivity index (χ1n) is 10.9. The van der Waals surface area contributed by atoms with Crippen LogP contribution in [0.4, 0.5) is 0 Å². The summed E-state index contributed by atoms with van der Waals surface area (Å²) in [5, 5.41) is 79.3. The molecule has 2 fully saturated rings. The number of methoxy groups -OCH3 is 1. The molecule has 3 rings (SSSR count). The van der Waals surface area contributed by atoms with Crippen molar-refractivity contribution >= 4 is 12.0 Å². The zero-order valence-electron chi connectivity index (χ0n) is 19.1. The van der Waals surface area contributed by atoms with Crippen molar-refractivity contribution in [1.82, 2.24) is 0 Å². The lowest BCUT2D eigenvalue weighted by atomic mass is 9.97. The van der Waals surface area contributed by atoms with Gasteiger partial charge in [-0.3, -0.25) is 0 Å². The second-order valence-corrected chi connectivity index (χ2v) is 8.20. The van der Waals surface area contributed by atoms with Crippen molar-refractivity contribution in [2.45, 2.75) is 61.4 Å². The van der Waals surface area contributed by atoms with Crippen molar-refractivity contribution in [3.63, 3.8) is 0 Å². The van der Waals surface area contributed by atoms with Crippen LogP contribution in [0.15, 0.2) is 24.3 Å². The van der Waals surface area contributed by atoms with Crippen molar-refractivity contribution in [2.75, 3.05) is 20.3 Å². The summed E-state index contributed by atoms with van der Waals surface area (Å²) in [4.78, 5) is 10.7. The lowest BCUT2D eigenvalue weighted by Gasteiger charge is -2.45. The number of hydrogen-bond donors (Lipinski definition) is 8. The first-order chi connectivity index (χ1) is 17.1. The third-order valence-corrected chi connectivity index (χ3v) is 5.81. The number of carbonyl (C=O) groups is 1. The molecule has 2 heterocycles. The van der Waals surface area contributed by atoms with E-state index < -0.39 is 80.6 Å². The Hall–Kier alpha value is -2.37. The van der Waals surface area contributed by atoms with Crippen LogP contribution in [-0.2, 0) is 19.0 Å². The molecule has 2 aliphatic rings. The van der Waals surface area contributed by atoms with E-state index in [0.29, 0.717) is 5.56 Å². The molecule has 0 aliphatic carbocycles. The van der Waals surface area contributed by atoms with Crippen molar-refractivity contribution < 1.29 is 69.3 Å². The van der Waals surface area contributed by atoms with E-state index in [2.05, 4.69) is 0 Å². The van der Waals surface area contributed by atoms with E-state index in [9.17, 15) is 40.5 Å². The predicted octanol–water partition coefficient (Wildman–Crippen LogP) is -3.20. The van der Waals surface area contributed by atoms with Crippen LogP contribution in [-0.4, -0.2) is 129 Å². The van der Waals surface area contributed by atoms with E-state index in [1.807, 2.05) is 0 Å². The summed E-state index contributed by atoms with van der Waals surface area (Å²) in [6.07, 6.45) is -13.6. The maximum absolute atomic E-state index is 10.7. The van der Waals surface area contributed by atoms with E-state index in [1.165, 1.54) is 31.4 Å². The molecule has 2 aliphatic heterocycles. The summed E-state index contributed by atoms with van der Waals surface area (Å²) in [6, 6.07) is 4.40. The predicted molar refractivity (Wildman–Crippen MR) is 117 cm³/mol. The van der Waals surface area contributed by atoms with Crippen LogP contribution in [0.2, 0.25) is 0 Å². The SMILES string of the molecule is COc1cc(/C=C/C(=O)O)ccc1O[C@@H]1O[C@H](CO)[C@@H](O[C@@H]2O[C@H](CO)[C@H](O)[C@H](O)[C@H]2O)[C@H](O)[C@H]1O. The van der Waals surface area contributed by atoms with Gasteiger partial charge in [-0.25, -0.2) is 4.79 Å². The number of carboxylic acid groups (broad SMARTS) is 1. The van der Waals surface area contributed by atoms with Crippen LogP contribution in [0.1, 0.15) is 5.56 Å². The highest BCUT2D eigenvalue weighted by atomic mass is 16.7. The Bertz CT molecular complexity index is 905. The largest absolute Gasteiger partial charge is 0.493 e. The summed E-state index contributed by atoms with van der Waals surface area (Å²) in [5.74, 6) is -0.906. The van der Waals surface area contributed by atoms with Gasteiger partial charge in [-0.15, -0.1) is 0 Å². The van der Waals surface area contributed by atoms with Gasteiger partial charge in [0, 0.05) is 6.08 Å². The molecular weight excluding hydrogens is 488 g/mol. The van der Waals surface area contributed by atoms with Crippen molar-refractivity contribution in [3.8, 4) is 11.5 Å². The number of aliphatic hydroxyl groups is 7. The minimum Gasteiger partial charge on any atom is -0.493 e. The molecule has 0 spiro atoms. The van der Waals surface area contributed by atoms with Gasteiger partial charge in [-0.05, 0) is 23.8 Å². The fourth-order valence-corrected chi connectivity index (χ4v) is 3.83. The molecule has 10 atom stereocenters. The zero-order valence-corrected chi connectivity index (χ0v) is 19.1. The zero-order chi connectivity index (χ0) is 26.6. The molecule has 202 valence electrons. The lowest BCUT2D eigenvalue weighted by Crippen LogP contribution is -2.65. The van der Waals surface area contributed by atoms with Crippen LogP contribution >= 0.6 is 0 Å². The maximum Gasteiger partial charge on any atom is 0.328 e. The van der Waals surface area contributed by atoms with Gasteiger partial charge in [-0.2, -0.15) is 0 Å². The smallest absolute Gasteiger partial charge is 0.328 e. The Morgan fingerprint density at radius 3 is 2.14 bits per heavy atom. The number of aliphatic carboxylic acids is 1. The molecular formula is C22H30O14. The van der Waals surface area contributed by atoms with Gasteiger partial charge in [0.15, 0.2) is 17.8 Å². The summed E-state index contributed by atoms with van der Waals surface area (Å²) in [7, 11) is 1.33. The van der Waals surface area contributed by atoms with Crippen molar-refractivity contribution in [1.29, 1.82) is 0 Å². The number of hydrogen-bond acceptors (Lipinski definition) is 13. The summed E-state index contributed by atoms with van der Waals surface area (Å²) < 4.78 is 27.2. The molecule has 0 radical (unpaired) electrons. The van der Waals surface area contributed by atoms with E-state index in [0.717, 1.165) is 6.08 Å². The molecule has 1 aromatic rings. The molecule has 0 aromatic heterocycles. The third-order valence-electron chi connectivity index (χ3n) is 5.81. The summed E-state index contributed by atoms with van der Waals surface area (Å²) in [6.45, 7) is -1.43. The Kier molecular flexibility index (Phi) is 9.59. The average Bonchev–Trinajstić information content (AvgIpc) is 2.87. The Balaban J connectivity index is 1.74. The highest BCUT2D eigenvalue weighted by Gasteiger charge is 2.51. The quantitative estimate of drug-likeness (QED) is 0.151. The molecule has 0 amide bonds. The van der Waals surface area contributed by atoms with Crippen LogP contribution in [0.3, 0.4) is 0 Å². The molecule has 8 N–H and O–H groups in total. The third kappa shape index (κ3) is 6.12. The fourth-order valence-electron chi connectivity index (χ4n) is 3.83. The van der Waals surface area contributed by atoms with Crippen LogP contribution in [0, 0.1) is 0 Å². The average molecular weight is 518 g/mol. The maximum atomic E-state index is 10.7. The number of benzene rings is 1. The molecule has 36 heavy (non-hydrogen) atoms. The second kappa shape index (κ2) is 12.2. The van der Waals surface area contributed by atoms with Crippen LogP contribution in [0.5, 0.6) is 11.5 Å². The van der Waals surface area contributed by atoms with Crippen molar-refractivity contribution in [2.24, 2.45) is 0 Å². The normalized spacial score (nSPS) is 37.1. The molecule has 0 unspecified atom stereocenters. The highest BCUT2D eigenvalue weighted by molar-refractivity contribution is 5.85. The first kappa shape index (κ1) is 28.2. The Morgan fingerprint density at radius 1 is 0.889 bits per heavy atom. The summed E-state index contributed by atoms with van der Waals surface area (Å²) in [5.41, 5.74) is 0.480. The number of carboxylic acids is 1. The topological polar surface area (TPSA) is 225 Å². The molecule has 2 saturated heterocycles. The Labute approximate surface area is 205 Å². The monoisotopic (exact) mass is 518 g/mol. The van der Waals surface area contributed by atoms with E-state index in [4.69, 9.17) is 28.8 Å². The molecule has 1 aromatic carbocycles. The number of ether oxygens (including phenoxy) is 5. The molecule has 14 heteroatoms. The fraction of sp³-hybridized carbons (Fsp3) is 0.591.